The molecule has 0 bridgehead atoms. The Morgan fingerprint density at radius 3 is 2.48 bits per heavy atom. The predicted molar refractivity (Wildman–Crippen MR) is 98.0 cm³/mol. The highest BCUT2D eigenvalue weighted by Gasteiger charge is 2.10. The average molecular weight is 374 g/mol. The molecule has 1 N–H and O–H groups in total. The molecule has 1 aromatic heterocycles. The van der Waals surface area contributed by atoms with E-state index in [1.165, 1.54) is 23.5 Å². The highest BCUT2D eigenvalue weighted by Crippen LogP contribution is 2.26. The third kappa shape index (κ3) is 4.40. The first kappa shape index (κ1) is 17.1. The van der Waals surface area contributed by atoms with Crippen LogP contribution in [-0.4, -0.2) is 15.8 Å². The summed E-state index contributed by atoms with van der Waals surface area (Å²) in [4.78, 5) is 26.7. The predicted octanol–water partition coefficient (Wildman–Crippen LogP) is 4.55. The molecule has 0 spiro atoms. The third-order valence-electron chi connectivity index (χ3n) is 3.40. The van der Waals surface area contributed by atoms with E-state index >= 15 is 0 Å². The number of aromatic nitrogens is 1. The van der Waals surface area contributed by atoms with Crippen molar-refractivity contribution in [2.24, 2.45) is 0 Å². The van der Waals surface area contributed by atoms with E-state index in [4.69, 9.17) is 11.6 Å². The third-order valence-corrected chi connectivity index (χ3v) is 4.41. The molecule has 0 aliphatic heterocycles. The van der Waals surface area contributed by atoms with Gasteiger partial charge in [0.25, 0.3) is 5.69 Å². The number of rotatable bonds is 5. The summed E-state index contributed by atoms with van der Waals surface area (Å²) in [6, 6.07) is 13.2. The largest absolute Gasteiger partial charge is 0.302 e. The average Bonchev–Trinajstić information content (AvgIpc) is 3.05. The molecular formula is C17H12ClN3O3S. The lowest BCUT2D eigenvalue weighted by molar-refractivity contribution is -0.384. The molecular weight excluding hydrogens is 362 g/mol. The van der Waals surface area contributed by atoms with Crippen molar-refractivity contribution in [2.75, 3.05) is 5.32 Å². The molecule has 0 saturated heterocycles. The van der Waals surface area contributed by atoms with Gasteiger partial charge in [-0.05, 0) is 29.8 Å². The van der Waals surface area contributed by atoms with Crippen LogP contribution in [0.4, 0.5) is 10.8 Å². The van der Waals surface area contributed by atoms with Crippen LogP contribution in [0.15, 0.2) is 53.9 Å². The Hall–Kier alpha value is -2.77. The van der Waals surface area contributed by atoms with Gasteiger partial charge in [-0.1, -0.05) is 23.7 Å². The Labute approximate surface area is 152 Å². The van der Waals surface area contributed by atoms with Crippen LogP contribution in [0.25, 0.3) is 11.3 Å². The van der Waals surface area contributed by atoms with Gasteiger partial charge in [0.05, 0.1) is 17.0 Å². The monoisotopic (exact) mass is 373 g/mol. The smallest absolute Gasteiger partial charge is 0.269 e. The molecule has 0 unspecified atom stereocenters. The highest BCUT2D eigenvalue weighted by atomic mass is 35.5. The number of carbonyl (C=O) groups excluding carboxylic acids is 1. The Morgan fingerprint density at radius 1 is 1.16 bits per heavy atom. The van der Waals surface area contributed by atoms with Crippen molar-refractivity contribution in [3.05, 3.63) is 74.6 Å². The lowest BCUT2D eigenvalue weighted by Gasteiger charge is -2.02. The Bertz CT molecular complexity index is 908. The molecule has 1 heterocycles. The summed E-state index contributed by atoms with van der Waals surface area (Å²) in [5.41, 5.74) is 2.28. The summed E-state index contributed by atoms with van der Waals surface area (Å²) < 4.78 is 0. The summed E-state index contributed by atoms with van der Waals surface area (Å²) in [6.45, 7) is 0. The van der Waals surface area contributed by atoms with Crippen LogP contribution in [0.5, 0.6) is 0 Å². The van der Waals surface area contributed by atoms with Gasteiger partial charge in [0.2, 0.25) is 5.91 Å². The molecule has 1 amide bonds. The Morgan fingerprint density at radius 2 is 1.84 bits per heavy atom. The summed E-state index contributed by atoms with van der Waals surface area (Å²) in [7, 11) is 0. The van der Waals surface area contributed by atoms with Crippen molar-refractivity contribution < 1.29 is 9.72 Å². The van der Waals surface area contributed by atoms with E-state index in [0.717, 1.165) is 11.1 Å². The standard InChI is InChI=1S/C17H12ClN3O3S/c18-13-5-1-11(2-6-13)9-16(22)20-17-19-15(10-25-17)12-3-7-14(8-4-12)21(23)24/h1-8,10H,9H2,(H,19,20,22). The zero-order valence-electron chi connectivity index (χ0n) is 12.8. The summed E-state index contributed by atoms with van der Waals surface area (Å²) in [6.07, 6.45) is 0.226. The first-order valence-electron chi connectivity index (χ1n) is 7.26. The van der Waals surface area contributed by atoms with E-state index in [2.05, 4.69) is 10.3 Å². The number of thiazole rings is 1. The van der Waals surface area contributed by atoms with Crippen LogP contribution in [-0.2, 0) is 11.2 Å². The number of hydrogen-bond acceptors (Lipinski definition) is 5. The minimum atomic E-state index is -0.451. The van der Waals surface area contributed by atoms with Crippen LogP contribution in [0.2, 0.25) is 5.02 Å². The van der Waals surface area contributed by atoms with Gasteiger partial charge in [-0.2, -0.15) is 0 Å². The van der Waals surface area contributed by atoms with Gasteiger partial charge in [0.1, 0.15) is 0 Å². The topological polar surface area (TPSA) is 85.1 Å². The van der Waals surface area contributed by atoms with E-state index in [9.17, 15) is 14.9 Å². The fourth-order valence-electron chi connectivity index (χ4n) is 2.17. The molecule has 25 heavy (non-hydrogen) atoms. The maximum atomic E-state index is 12.1. The SMILES string of the molecule is O=C(Cc1ccc(Cl)cc1)Nc1nc(-c2ccc([N+](=O)[O-])cc2)cs1. The van der Waals surface area contributed by atoms with E-state index in [1.54, 1.807) is 41.8 Å². The number of nitro groups is 1. The van der Waals surface area contributed by atoms with Gasteiger partial charge < -0.3 is 5.32 Å². The van der Waals surface area contributed by atoms with Gasteiger partial charge in [0, 0.05) is 28.1 Å². The summed E-state index contributed by atoms with van der Waals surface area (Å²) >= 11 is 7.12. The molecule has 6 nitrogen and oxygen atoms in total. The van der Waals surface area contributed by atoms with Gasteiger partial charge in [-0.3, -0.25) is 14.9 Å². The molecule has 0 saturated carbocycles. The summed E-state index contributed by atoms with van der Waals surface area (Å²) in [5.74, 6) is -0.174. The second-order valence-corrected chi connectivity index (χ2v) is 6.49. The van der Waals surface area contributed by atoms with E-state index in [0.29, 0.717) is 15.8 Å². The lowest BCUT2D eigenvalue weighted by Crippen LogP contribution is -2.14. The van der Waals surface area contributed by atoms with Crippen molar-refractivity contribution in [1.29, 1.82) is 0 Å². The number of nitro benzene ring substituents is 1. The molecule has 0 atom stereocenters. The number of nitrogens with one attached hydrogen (secondary N) is 1. The molecule has 126 valence electrons. The quantitative estimate of drug-likeness (QED) is 0.525. The van der Waals surface area contributed by atoms with Crippen LogP contribution >= 0.6 is 22.9 Å². The number of halogens is 1. The van der Waals surface area contributed by atoms with Crippen LogP contribution in [0.3, 0.4) is 0 Å². The Kier molecular flexibility index (Phi) is 5.06. The number of benzene rings is 2. The first-order chi connectivity index (χ1) is 12.0. The molecule has 3 aromatic rings. The molecule has 3 rings (SSSR count). The zero-order chi connectivity index (χ0) is 17.8. The maximum Gasteiger partial charge on any atom is 0.269 e. The molecule has 2 aromatic carbocycles. The van der Waals surface area contributed by atoms with E-state index in [1.807, 2.05) is 0 Å². The van der Waals surface area contributed by atoms with Gasteiger partial charge in [0.15, 0.2) is 5.13 Å². The van der Waals surface area contributed by atoms with Crippen molar-refractivity contribution in [1.82, 2.24) is 4.98 Å². The normalized spacial score (nSPS) is 10.4. The number of non-ortho nitro benzene ring substituents is 1. The van der Waals surface area contributed by atoms with E-state index < -0.39 is 4.92 Å². The van der Waals surface area contributed by atoms with Crippen LogP contribution in [0.1, 0.15) is 5.56 Å². The second-order valence-electron chi connectivity index (χ2n) is 5.19. The fourth-order valence-corrected chi connectivity index (χ4v) is 3.03. The minimum absolute atomic E-state index is 0.0236. The van der Waals surface area contributed by atoms with Crippen LogP contribution in [0, 0.1) is 10.1 Å². The van der Waals surface area contributed by atoms with E-state index in [-0.39, 0.29) is 18.0 Å². The second kappa shape index (κ2) is 7.42. The summed E-state index contributed by atoms with van der Waals surface area (Å²) in [5, 5.41) is 16.3. The number of carbonyl (C=O) groups is 1. The lowest BCUT2D eigenvalue weighted by atomic mass is 10.1. The Balaban J connectivity index is 1.65. The minimum Gasteiger partial charge on any atom is -0.302 e. The van der Waals surface area contributed by atoms with Crippen molar-refractivity contribution in [3.8, 4) is 11.3 Å². The number of hydrogen-bond donors (Lipinski definition) is 1. The number of anilines is 1. The van der Waals surface area contributed by atoms with Crippen molar-refractivity contribution >= 4 is 39.7 Å². The van der Waals surface area contributed by atoms with Crippen molar-refractivity contribution in [3.63, 3.8) is 0 Å². The highest BCUT2D eigenvalue weighted by molar-refractivity contribution is 7.14. The number of amides is 1. The molecule has 0 aliphatic carbocycles. The maximum absolute atomic E-state index is 12.1. The fraction of sp³-hybridized carbons (Fsp3) is 0.0588. The first-order valence-corrected chi connectivity index (χ1v) is 8.52. The van der Waals surface area contributed by atoms with Crippen LogP contribution < -0.4 is 5.32 Å². The molecule has 0 aliphatic rings. The molecule has 0 fully saturated rings. The van der Waals surface area contributed by atoms with Gasteiger partial charge in [-0.15, -0.1) is 11.3 Å². The van der Waals surface area contributed by atoms with Crippen molar-refractivity contribution in [2.45, 2.75) is 6.42 Å². The van der Waals surface area contributed by atoms with Gasteiger partial charge in [-0.25, -0.2) is 4.98 Å². The molecule has 8 heteroatoms. The van der Waals surface area contributed by atoms with Gasteiger partial charge >= 0.3 is 0 Å². The zero-order valence-corrected chi connectivity index (χ0v) is 14.4. The number of nitrogens with zero attached hydrogens (tertiary/aromatic N) is 2. The molecule has 0 radical (unpaired) electrons.